The van der Waals surface area contributed by atoms with Crippen molar-refractivity contribution in [3.63, 3.8) is 0 Å². The van der Waals surface area contributed by atoms with Crippen molar-refractivity contribution >= 4 is 32.7 Å². The number of amides is 1. The second-order valence-corrected chi connectivity index (χ2v) is 8.89. The van der Waals surface area contributed by atoms with E-state index in [0.717, 1.165) is 9.82 Å². The van der Waals surface area contributed by atoms with E-state index in [4.69, 9.17) is 9.47 Å². The maximum absolute atomic E-state index is 12.3. The lowest BCUT2D eigenvalue weighted by Gasteiger charge is -2.11. The molecule has 0 unspecified atom stereocenters. The Labute approximate surface area is 167 Å². The number of carbonyl (C=O) groups excluding carboxylic acids is 1. The van der Waals surface area contributed by atoms with E-state index in [1.165, 1.54) is 20.2 Å². The number of rotatable bonds is 6. The van der Waals surface area contributed by atoms with Crippen LogP contribution in [0.2, 0.25) is 0 Å². The fraction of sp³-hybridized carbons (Fsp3) is 0.263. The lowest BCUT2D eigenvalue weighted by Crippen LogP contribution is -2.22. The lowest BCUT2D eigenvalue weighted by atomic mass is 10.2. The first-order valence-corrected chi connectivity index (χ1v) is 10.4. The average molecular weight is 416 g/mol. The van der Waals surface area contributed by atoms with Gasteiger partial charge in [0, 0.05) is 38.8 Å². The van der Waals surface area contributed by atoms with Gasteiger partial charge in [0.1, 0.15) is 0 Å². The Morgan fingerprint density at radius 1 is 1.17 bits per heavy atom. The number of carbonyl (C=O) groups is 1. The summed E-state index contributed by atoms with van der Waals surface area (Å²) in [6.07, 6.45) is 1.84. The third kappa shape index (κ3) is 3.76. The molecule has 1 amide bonds. The number of imidazole rings is 1. The standard InChI is InChI=1S/C19H20N4O5S/c1-22(2)29(25,26)14-4-5-16-15(10-14)20-11-23(16)8-7-19(24)21-13-3-6-17-18(9-13)28-12-27-17/h3-6,9-11H,7-8,12H2,1-2H3,(H,21,24). The molecule has 9 nitrogen and oxygen atoms in total. The second kappa shape index (κ2) is 7.37. The molecule has 0 fully saturated rings. The summed E-state index contributed by atoms with van der Waals surface area (Å²) in [5.74, 6) is 1.10. The predicted molar refractivity (Wildman–Crippen MR) is 106 cm³/mol. The van der Waals surface area contributed by atoms with Crippen LogP contribution in [0.25, 0.3) is 11.0 Å². The molecular weight excluding hydrogens is 396 g/mol. The molecule has 0 bridgehead atoms. The molecule has 2 aromatic carbocycles. The molecule has 0 spiro atoms. The van der Waals surface area contributed by atoms with Crippen LogP contribution in [0.1, 0.15) is 6.42 Å². The van der Waals surface area contributed by atoms with Crippen molar-refractivity contribution in [1.82, 2.24) is 13.9 Å². The Bertz CT molecular complexity index is 1190. The van der Waals surface area contributed by atoms with Gasteiger partial charge in [0.05, 0.1) is 22.3 Å². The average Bonchev–Trinajstić information content (AvgIpc) is 3.32. The molecule has 4 rings (SSSR count). The van der Waals surface area contributed by atoms with Crippen LogP contribution in [0, 0.1) is 0 Å². The number of fused-ring (bicyclic) bond motifs is 2. The van der Waals surface area contributed by atoms with Crippen LogP contribution in [0.4, 0.5) is 5.69 Å². The smallest absolute Gasteiger partial charge is 0.242 e. The number of benzene rings is 2. The summed E-state index contributed by atoms with van der Waals surface area (Å²) in [4.78, 5) is 16.8. The number of aryl methyl sites for hydroxylation is 1. The molecule has 0 saturated carbocycles. The van der Waals surface area contributed by atoms with Crippen molar-refractivity contribution in [2.45, 2.75) is 17.9 Å². The van der Waals surface area contributed by atoms with E-state index in [0.29, 0.717) is 29.2 Å². The highest BCUT2D eigenvalue weighted by molar-refractivity contribution is 7.89. The largest absolute Gasteiger partial charge is 0.454 e. The summed E-state index contributed by atoms with van der Waals surface area (Å²) < 4.78 is 38.1. The van der Waals surface area contributed by atoms with Crippen LogP contribution in [-0.4, -0.2) is 49.1 Å². The second-order valence-electron chi connectivity index (χ2n) is 6.74. The minimum Gasteiger partial charge on any atom is -0.454 e. The fourth-order valence-corrected chi connectivity index (χ4v) is 3.94. The maximum Gasteiger partial charge on any atom is 0.242 e. The molecule has 29 heavy (non-hydrogen) atoms. The first-order chi connectivity index (χ1) is 13.8. The number of ether oxygens (including phenoxy) is 2. The van der Waals surface area contributed by atoms with Crippen molar-refractivity contribution in [3.05, 3.63) is 42.7 Å². The predicted octanol–water partition coefficient (Wildman–Crippen LogP) is 2.04. The first-order valence-electron chi connectivity index (χ1n) is 8.91. The van der Waals surface area contributed by atoms with Gasteiger partial charge in [-0.05, 0) is 30.3 Å². The van der Waals surface area contributed by atoms with Gasteiger partial charge in [-0.1, -0.05) is 0 Å². The molecule has 0 radical (unpaired) electrons. The SMILES string of the molecule is CN(C)S(=O)(=O)c1ccc2c(c1)ncn2CCC(=O)Nc1ccc2c(c1)OCO2. The quantitative estimate of drug-likeness (QED) is 0.660. The highest BCUT2D eigenvalue weighted by atomic mass is 32.2. The van der Waals surface area contributed by atoms with Gasteiger partial charge in [-0.15, -0.1) is 0 Å². The normalized spacial score (nSPS) is 13.2. The van der Waals surface area contributed by atoms with Crippen molar-refractivity contribution in [2.24, 2.45) is 0 Å². The molecule has 3 aromatic rings. The Balaban J connectivity index is 1.44. The molecule has 152 valence electrons. The van der Waals surface area contributed by atoms with Gasteiger partial charge >= 0.3 is 0 Å². The third-order valence-corrected chi connectivity index (χ3v) is 6.42. The Morgan fingerprint density at radius 2 is 1.97 bits per heavy atom. The van der Waals surface area contributed by atoms with Gasteiger partial charge in [-0.25, -0.2) is 17.7 Å². The number of anilines is 1. The summed E-state index contributed by atoms with van der Waals surface area (Å²) in [5, 5.41) is 2.83. The molecule has 1 N–H and O–H groups in total. The zero-order valence-electron chi connectivity index (χ0n) is 16.0. The topological polar surface area (TPSA) is 103 Å². The summed E-state index contributed by atoms with van der Waals surface area (Å²) >= 11 is 0. The number of hydrogen-bond donors (Lipinski definition) is 1. The fourth-order valence-electron chi connectivity index (χ4n) is 3.01. The Kier molecular flexibility index (Phi) is 4.89. The van der Waals surface area contributed by atoms with Crippen LogP contribution in [0.5, 0.6) is 11.5 Å². The number of aromatic nitrogens is 2. The van der Waals surface area contributed by atoms with Gasteiger partial charge in [0.2, 0.25) is 22.7 Å². The van der Waals surface area contributed by atoms with Gasteiger partial charge in [-0.2, -0.15) is 0 Å². The van der Waals surface area contributed by atoms with Gasteiger partial charge in [-0.3, -0.25) is 4.79 Å². The monoisotopic (exact) mass is 416 g/mol. The molecule has 1 aliphatic heterocycles. The molecule has 1 aromatic heterocycles. The van der Waals surface area contributed by atoms with E-state index in [1.807, 2.05) is 4.57 Å². The van der Waals surface area contributed by atoms with Gasteiger partial charge in [0.25, 0.3) is 0 Å². The van der Waals surface area contributed by atoms with E-state index in [-0.39, 0.29) is 24.0 Å². The van der Waals surface area contributed by atoms with E-state index in [2.05, 4.69) is 10.3 Å². The minimum absolute atomic E-state index is 0.155. The highest BCUT2D eigenvalue weighted by Gasteiger charge is 2.19. The molecule has 0 atom stereocenters. The van der Waals surface area contributed by atoms with E-state index < -0.39 is 10.0 Å². The van der Waals surface area contributed by atoms with Crippen molar-refractivity contribution in [2.75, 3.05) is 26.2 Å². The third-order valence-electron chi connectivity index (χ3n) is 4.61. The lowest BCUT2D eigenvalue weighted by molar-refractivity contribution is -0.116. The Hall–Kier alpha value is -3.11. The van der Waals surface area contributed by atoms with Crippen molar-refractivity contribution in [3.8, 4) is 11.5 Å². The molecule has 0 saturated heterocycles. The number of sulfonamides is 1. The van der Waals surface area contributed by atoms with Crippen molar-refractivity contribution in [1.29, 1.82) is 0 Å². The highest BCUT2D eigenvalue weighted by Crippen LogP contribution is 2.34. The number of nitrogens with one attached hydrogen (secondary N) is 1. The maximum atomic E-state index is 12.3. The summed E-state index contributed by atoms with van der Waals surface area (Å²) in [6.45, 7) is 0.588. The Morgan fingerprint density at radius 3 is 2.76 bits per heavy atom. The first kappa shape index (κ1) is 19.2. The molecular formula is C19H20N4O5S. The van der Waals surface area contributed by atoms with Gasteiger partial charge in [0.15, 0.2) is 11.5 Å². The number of nitrogens with zero attached hydrogens (tertiary/aromatic N) is 3. The van der Waals surface area contributed by atoms with Gasteiger partial charge < -0.3 is 19.4 Å². The van der Waals surface area contributed by atoms with E-state index in [1.54, 1.807) is 36.7 Å². The summed E-state index contributed by atoms with van der Waals surface area (Å²) in [7, 11) is -0.557. The molecule has 10 heteroatoms. The summed E-state index contributed by atoms with van der Waals surface area (Å²) in [6, 6.07) is 10.0. The van der Waals surface area contributed by atoms with E-state index in [9.17, 15) is 13.2 Å². The van der Waals surface area contributed by atoms with E-state index >= 15 is 0 Å². The number of hydrogen-bond acceptors (Lipinski definition) is 6. The van der Waals surface area contributed by atoms with Crippen LogP contribution in [0.3, 0.4) is 0 Å². The molecule has 1 aliphatic rings. The van der Waals surface area contributed by atoms with Crippen LogP contribution in [0.15, 0.2) is 47.6 Å². The zero-order valence-corrected chi connectivity index (χ0v) is 16.8. The van der Waals surface area contributed by atoms with Crippen LogP contribution in [-0.2, 0) is 21.4 Å². The molecule has 2 heterocycles. The molecule has 0 aliphatic carbocycles. The van der Waals surface area contributed by atoms with Crippen LogP contribution < -0.4 is 14.8 Å². The van der Waals surface area contributed by atoms with Crippen molar-refractivity contribution < 1.29 is 22.7 Å². The summed E-state index contributed by atoms with van der Waals surface area (Å²) in [5.41, 5.74) is 1.95. The minimum atomic E-state index is -3.52. The zero-order chi connectivity index (χ0) is 20.6. The van der Waals surface area contributed by atoms with Crippen LogP contribution >= 0.6 is 0 Å².